The first kappa shape index (κ1) is 13.0. The van der Waals surface area contributed by atoms with Crippen molar-refractivity contribution in [3.05, 3.63) is 12.7 Å². The van der Waals surface area contributed by atoms with Crippen molar-refractivity contribution in [1.82, 2.24) is 10.6 Å². The van der Waals surface area contributed by atoms with E-state index < -0.39 is 24.1 Å². The van der Waals surface area contributed by atoms with Crippen molar-refractivity contribution >= 4 is 12.0 Å². The molecule has 2 unspecified atom stereocenters. The Morgan fingerprint density at radius 3 is 2.60 bits per heavy atom. The zero-order valence-electron chi connectivity index (χ0n) is 8.49. The zero-order valence-corrected chi connectivity index (χ0v) is 8.49. The maximum Gasteiger partial charge on any atom is 0.326 e. The third kappa shape index (κ3) is 5.37. The van der Waals surface area contributed by atoms with Crippen LogP contribution in [0.3, 0.4) is 0 Å². The highest BCUT2D eigenvalue weighted by Crippen LogP contribution is 1.93. The van der Waals surface area contributed by atoms with Crippen LogP contribution in [-0.2, 0) is 4.79 Å². The summed E-state index contributed by atoms with van der Waals surface area (Å²) in [6.45, 7) is 5.01. The minimum Gasteiger partial charge on any atom is -0.480 e. The van der Waals surface area contributed by atoms with Crippen LogP contribution in [0.15, 0.2) is 12.7 Å². The van der Waals surface area contributed by atoms with Gasteiger partial charge in [-0.1, -0.05) is 12.0 Å². The van der Waals surface area contributed by atoms with Crippen LogP contribution in [0.4, 0.5) is 4.79 Å². The van der Waals surface area contributed by atoms with Gasteiger partial charge in [0.15, 0.2) is 0 Å². The number of carbonyl (C=O) groups excluding carboxylic acids is 1. The first-order valence-corrected chi connectivity index (χ1v) is 4.38. The van der Waals surface area contributed by atoms with Crippen molar-refractivity contribution in [1.29, 1.82) is 0 Å². The van der Waals surface area contributed by atoms with Crippen molar-refractivity contribution in [2.45, 2.75) is 25.4 Å². The van der Waals surface area contributed by atoms with Gasteiger partial charge in [0, 0.05) is 0 Å². The average molecular weight is 210 g/mol. The molecule has 0 rings (SSSR count). The summed E-state index contributed by atoms with van der Waals surface area (Å²) in [5.74, 6) is 1.18. The monoisotopic (exact) mass is 210 g/mol. The lowest BCUT2D eigenvalue weighted by molar-refractivity contribution is -0.139. The van der Waals surface area contributed by atoms with E-state index in [2.05, 4.69) is 23.1 Å². The fourth-order valence-corrected chi connectivity index (χ4v) is 0.826. The lowest BCUT2D eigenvalue weighted by Crippen LogP contribution is -2.47. The van der Waals surface area contributed by atoms with E-state index in [4.69, 9.17) is 11.5 Å². The van der Waals surface area contributed by atoms with Crippen LogP contribution in [0.2, 0.25) is 0 Å². The second-order valence-electron chi connectivity index (χ2n) is 2.92. The Labute approximate surface area is 88.6 Å². The molecule has 5 heteroatoms. The first-order chi connectivity index (χ1) is 7.01. The largest absolute Gasteiger partial charge is 0.480 e. The Morgan fingerprint density at radius 1 is 1.60 bits per heavy atom. The van der Waals surface area contributed by atoms with E-state index in [1.54, 1.807) is 6.92 Å². The molecule has 2 amide bonds. The summed E-state index contributed by atoms with van der Waals surface area (Å²) in [5, 5.41) is 13.4. The fourth-order valence-electron chi connectivity index (χ4n) is 0.826. The molecule has 0 fully saturated rings. The van der Waals surface area contributed by atoms with Crippen molar-refractivity contribution in [3.8, 4) is 12.3 Å². The molecule has 15 heavy (non-hydrogen) atoms. The van der Waals surface area contributed by atoms with Crippen LogP contribution < -0.4 is 10.6 Å². The van der Waals surface area contributed by atoms with Gasteiger partial charge in [-0.25, -0.2) is 9.59 Å². The van der Waals surface area contributed by atoms with E-state index in [0.717, 1.165) is 0 Å². The maximum atomic E-state index is 11.2. The lowest BCUT2D eigenvalue weighted by Gasteiger charge is -2.14. The normalized spacial score (nSPS) is 13.1. The van der Waals surface area contributed by atoms with E-state index in [0.29, 0.717) is 0 Å². The van der Waals surface area contributed by atoms with Crippen molar-refractivity contribution in [2.24, 2.45) is 0 Å². The molecule has 0 saturated carbocycles. The molecule has 2 atom stereocenters. The Balaban J connectivity index is 4.18. The van der Waals surface area contributed by atoms with E-state index >= 15 is 0 Å². The van der Waals surface area contributed by atoms with E-state index in [-0.39, 0.29) is 6.42 Å². The number of carboxylic acids is 1. The van der Waals surface area contributed by atoms with Gasteiger partial charge in [0.2, 0.25) is 0 Å². The predicted octanol–water partition coefficient (Wildman–Crippen LogP) is 0.337. The summed E-state index contributed by atoms with van der Waals surface area (Å²) in [5.41, 5.74) is 0. The van der Waals surface area contributed by atoms with Gasteiger partial charge in [0.1, 0.15) is 6.04 Å². The molecule has 0 aliphatic rings. The molecule has 0 aliphatic heterocycles. The molecule has 0 bridgehead atoms. The van der Waals surface area contributed by atoms with Crippen LogP contribution in [0.25, 0.3) is 0 Å². The molecule has 0 heterocycles. The summed E-state index contributed by atoms with van der Waals surface area (Å²) in [4.78, 5) is 21.8. The van der Waals surface area contributed by atoms with E-state index in [1.807, 2.05) is 0 Å². The number of urea groups is 1. The van der Waals surface area contributed by atoms with Gasteiger partial charge in [-0.15, -0.1) is 13.0 Å². The van der Waals surface area contributed by atoms with Gasteiger partial charge in [-0.05, 0) is 13.3 Å². The molecule has 0 aromatic heterocycles. The minimum atomic E-state index is -1.11. The Bertz CT molecular complexity index is 294. The highest BCUT2D eigenvalue weighted by atomic mass is 16.4. The second-order valence-corrected chi connectivity index (χ2v) is 2.92. The number of hydrogen-bond donors (Lipinski definition) is 3. The van der Waals surface area contributed by atoms with Gasteiger partial charge >= 0.3 is 12.0 Å². The summed E-state index contributed by atoms with van der Waals surface area (Å²) in [7, 11) is 0. The highest BCUT2D eigenvalue weighted by Gasteiger charge is 2.18. The molecular formula is C10H14N2O3. The van der Waals surface area contributed by atoms with Gasteiger partial charge in [-0.2, -0.15) is 0 Å². The number of amides is 2. The molecule has 0 aromatic rings. The summed E-state index contributed by atoms with van der Waals surface area (Å²) in [6, 6.07) is -2.02. The second kappa shape index (κ2) is 6.49. The van der Waals surface area contributed by atoms with Crippen LogP contribution in [0.1, 0.15) is 13.3 Å². The molecule has 0 radical (unpaired) electrons. The molecule has 82 valence electrons. The smallest absolute Gasteiger partial charge is 0.326 e. The number of rotatable bonds is 5. The number of hydrogen-bond acceptors (Lipinski definition) is 2. The molecular weight excluding hydrogens is 196 g/mol. The van der Waals surface area contributed by atoms with Crippen LogP contribution in [0.5, 0.6) is 0 Å². The first-order valence-electron chi connectivity index (χ1n) is 4.38. The molecule has 0 aliphatic carbocycles. The molecule has 0 saturated heterocycles. The van der Waals surface area contributed by atoms with Crippen molar-refractivity contribution in [2.75, 3.05) is 0 Å². The summed E-state index contributed by atoms with van der Waals surface area (Å²) < 4.78 is 0. The van der Waals surface area contributed by atoms with Crippen molar-refractivity contribution in [3.63, 3.8) is 0 Å². The van der Waals surface area contributed by atoms with Crippen LogP contribution in [0, 0.1) is 12.3 Å². The highest BCUT2D eigenvalue weighted by molar-refractivity contribution is 5.82. The molecule has 0 spiro atoms. The van der Waals surface area contributed by atoms with Crippen molar-refractivity contribution < 1.29 is 14.7 Å². The quantitative estimate of drug-likeness (QED) is 0.452. The van der Waals surface area contributed by atoms with Gasteiger partial charge < -0.3 is 15.7 Å². The topological polar surface area (TPSA) is 78.4 Å². The van der Waals surface area contributed by atoms with Gasteiger partial charge in [0.05, 0.1) is 6.04 Å². The van der Waals surface area contributed by atoms with E-state index in [9.17, 15) is 9.59 Å². The summed E-state index contributed by atoms with van der Waals surface area (Å²) >= 11 is 0. The third-order valence-electron chi connectivity index (χ3n) is 1.60. The minimum absolute atomic E-state index is 0.160. The Kier molecular flexibility index (Phi) is 5.64. The van der Waals surface area contributed by atoms with Gasteiger partial charge in [0.25, 0.3) is 0 Å². The number of nitrogens with one attached hydrogen (secondary N) is 2. The Hall–Kier alpha value is -1.96. The molecule has 5 nitrogen and oxygen atoms in total. The number of carbonyl (C=O) groups is 2. The zero-order chi connectivity index (χ0) is 11.8. The van der Waals surface area contributed by atoms with Crippen LogP contribution in [-0.4, -0.2) is 29.2 Å². The Morgan fingerprint density at radius 2 is 2.20 bits per heavy atom. The standard InChI is InChI=1S/C10H14N2O3/c1-4-6-8(9(13)14)12-10(15)11-7(3)5-2/h2,4,7-8H,1,6H2,3H3,(H,13,14)(H2,11,12,15). The summed E-state index contributed by atoms with van der Waals surface area (Å²) in [6.07, 6.45) is 6.62. The van der Waals surface area contributed by atoms with Crippen LogP contribution >= 0.6 is 0 Å². The van der Waals surface area contributed by atoms with E-state index in [1.165, 1.54) is 6.08 Å². The predicted molar refractivity (Wildman–Crippen MR) is 56.2 cm³/mol. The molecule has 3 N–H and O–H groups in total. The van der Waals surface area contributed by atoms with Gasteiger partial charge in [-0.3, -0.25) is 0 Å². The molecule has 0 aromatic carbocycles. The third-order valence-corrected chi connectivity index (χ3v) is 1.60. The lowest BCUT2D eigenvalue weighted by atomic mass is 10.2. The average Bonchev–Trinajstić information content (AvgIpc) is 2.16. The SMILES string of the molecule is C#CC(C)NC(=O)NC(CC=C)C(=O)O. The number of carboxylic acid groups (broad SMARTS) is 1. The number of terminal acetylenes is 1. The number of aliphatic carboxylic acids is 1. The maximum absolute atomic E-state index is 11.2. The fraction of sp³-hybridized carbons (Fsp3) is 0.400.